The second kappa shape index (κ2) is 6.02. The highest BCUT2D eigenvalue weighted by atomic mass is 79.9. The number of allylic oxidation sites excluding steroid dienone is 2. The molecule has 1 heterocycles. The molecule has 0 atom stereocenters. The number of benzene rings is 1. The number of nitrogens with zero attached hydrogens (tertiary/aromatic N) is 4. The molecule has 0 saturated carbocycles. The molecule has 0 unspecified atom stereocenters. The molecule has 106 valence electrons. The number of halogens is 2. The van der Waals surface area contributed by atoms with Crippen LogP contribution in [0.1, 0.15) is 18.3 Å². The second-order valence-electron chi connectivity index (χ2n) is 4.45. The lowest BCUT2D eigenvalue weighted by molar-refractivity contribution is 0.637. The molecule has 0 aliphatic carbocycles. The lowest BCUT2D eigenvalue weighted by atomic mass is 10.2. The molecular formula is C15H12BrFN4. The summed E-state index contributed by atoms with van der Waals surface area (Å²) in [6.07, 6.45) is 2.56. The monoisotopic (exact) mass is 346 g/mol. The van der Waals surface area contributed by atoms with Crippen molar-refractivity contribution in [2.24, 2.45) is 12.0 Å². The van der Waals surface area contributed by atoms with Gasteiger partial charge in [-0.3, -0.25) is 4.99 Å². The van der Waals surface area contributed by atoms with Crippen LogP contribution < -0.4 is 0 Å². The number of aliphatic imine (C=N–C) groups is 1. The molecule has 1 aromatic heterocycles. The van der Waals surface area contributed by atoms with Gasteiger partial charge in [0.05, 0.1) is 22.8 Å². The summed E-state index contributed by atoms with van der Waals surface area (Å²) in [5, 5.41) is 9.06. The Morgan fingerprint density at radius 3 is 2.90 bits per heavy atom. The van der Waals surface area contributed by atoms with Gasteiger partial charge in [-0.05, 0) is 35.0 Å². The van der Waals surface area contributed by atoms with Gasteiger partial charge in [0, 0.05) is 23.3 Å². The average molecular weight is 347 g/mol. The van der Waals surface area contributed by atoms with Gasteiger partial charge in [-0.15, -0.1) is 0 Å². The van der Waals surface area contributed by atoms with E-state index in [9.17, 15) is 4.39 Å². The Morgan fingerprint density at radius 2 is 2.29 bits per heavy atom. The van der Waals surface area contributed by atoms with Crippen LogP contribution in [0.4, 0.5) is 4.39 Å². The number of fused-ring (bicyclic) bond motifs is 1. The molecule has 21 heavy (non-hydrogen) atoms. The molecule has 0 N–H and O–H groups in total. The zero-order chi connectivity index (χ0) is 15.6. The highest BCUT2D eigenvalue weighted by molar-refractivity contribution is 9.10. The molecule has 2 aromatic rings. The predicted molar refractivity (Wildman–Crippen MR) is 85.5 cm³/mol. The Hall–Kier alpha value is -2.26. The molecule has 0 aliphatic heterocycles. The third-order valence-corrected chi connectivity index (χ3v) is 3.52. The van der Waals surface area contributed by atoms with Crippen molar-refractivity contribution in [1.29, 1.82) is 5.26 Å². The Balaban J connectivity index is 2.49. The molecule has 0 spiro atoms. The number of rotatable bonds is 3. The largest absolute Gasteiger partial charge is 0.327 e. The van der Waals surface area contributed by atoms with Crippen LogP contribution >= 0.6 is 15.9 Å². The van der Waals surface area contributed by atoms with E-state index in [4.69, 9.17) is 5.26 Å². The van der Waals surface area contributed by atoms with Crippen LogP contribution in [0, 0.1) is 11.3 Å². The maximum absolute atomic E-state index is 12.6. The standard InChI is InChI=1S/C15H12BrFN4/c1-9(7-19-8-10(2)17)15-20-13-5-12(16)11(6-18)4-14(13)21(15)3/h4-5,7-8H,1H2,2-3H3/b10-8+,19-7?. The normalized spacial score (nSPS) is 12.0. The summed E-state index contributed by atoms with van der Waals surface area (Å²) >= 11 is 3.34. The van der Waals surface area contributed by atoms with Gasteiger partial charge >= 0.3 is 0 Å². The van der Waals surface area contributed by atoms with Gasteiger partial charge in [-0.2, -0.15) is 5.26 Å². The number of hydrogen-bond donors (Lipinski definition) is 0. The summed E-state index contributed by atoms with van der Waals surface area (Å²) in [6.45, 7) is 5.20. The minimum atomic E-state index is -0.383. The van der Waals surface area contributed by atoms with Crippen LogP contribution in [0.3, 0.4) is 0 Å². The molecule has 0 bridgehead atoms. The smallest absolute Gasteiger partial charge is 0.141 e. The fraction of sp³-hybridized carbons (Fsp3) is 0.133. The van der Waals surface area contributed by atoms with Crippen molar-refractivity contribution in [3.63, 3.8) is 0 Å². The third-order valence-electron chi connectivity index (χ3n) is 2.86. The molecule has 1 aromatic carbocycles. The fourth-order valence-corrected chi connectivity index (χ4v) is 2.29. The molecule has 0 fully saturated rings. The number of nitriles is 1. The number of aryl methyl sites for hydroxylation is 1. The van der Waals surface area contributed by atoms with Crippen LogP contribution in [-0.2, 0) is 7.05 Å². The molecule has 0 radical (unpaired) electrons. The van der Waals surface area contributed by atoms with E-state index in [1.165, 1.54) is 13.1 Å². The maximum atomic E-state index is 12.6. The summed E-state index contributed by atoms with van der Waals surface area (Å²) < 4.78 is 15.1. The zero-order valence-electron chi connectivity index (χ0n) is 11.6. The molecule has 6 heteroatoms. The van der Waals surface area contributed by atoms with Crippen molar-refractivity contribution >= 4 is 38.8 Å². The highest BCUT2D eigenvalue weighted by Crippen LogP contribution is 2.25. The highest BCUT2D eigenvalue weighted by Gasteiger charge is 2.12. The summed E-state index contributed by atoms with van der Waals surface area (Å²) in [7, 11) is 1.83. The van der Waals surface area contributed by atoms with E-state index in [0.29, 0.717) is 21.4 Å². The third kappa shape index (κ3) is 3.09. The second-order valence-corrected chi connectivity index (χ2v) is 5.30. The molecule has 4 nitrogen and oxygen atoms in total. The van der Waals surface area contributed by atoms with E-state index in [0.717, 1.165) is 17.2 Å². The molecule has 2 rings (SSSR count). The van der Waals surface area contributed by atoms with Gasteiger partial charge in [0.1, 0.15) is 17.7 Å². The summed E-state index contributed by atoms with van der Waals surface area (Å²) in [6, 6.07) is 5.65. The molecule has 0 amide bonds. The lowest BCUT2D eigenvalue weighted by Gasteiger charge is -2.01. The van der Waals surface area contributed by atoms with Crippen LogP contribution in [0.5, 0.6) is 0 Å². The minimum Gasteiger partial charge on any atom is -0.327 e. The number of aromatic nitrogens is 2. The fourth-order valence-electron chi connectivity index (χ4n) is 1.87. The van der Waals surface area contributed by atoms with Gasteiger partial charge in [0.25, 0.3) is 0 Å². The topological polar surface area (TPSA) is 54.0 Å². The zero-order valence-corrected chi connectivity index (χ0v) is 13.1. The van der Waals surface area contributed by atoms with Crippen molar-refractivity contribution in [3.8, 4) is 6.07 Å². The first-order valence-electron chi connectivity index (χ1n) is 6.05. The number of imidazole rings is 1. The first kappa shape index (κ1) is 15.1. The Bertz CT molecular complexity index is 820. The van der Waals surface area contributed by atoms with Crippen molar-refractivity contribution in [3.05, 3.63) is 46.6 Å². The number of hydrogen-bond acceptors (Lipinski definition) is 3. The maximum Gasteiger partial charge on any atom is 0.141 e. The first-order valence-corrected chi connectivity index (χ1v) is 6.84. The van der Waals surface area contributed by atoms with E-state index >= 15 is 0 Å². The Labute approximate surface area is 130 Å². The van der Waals surface area contributed by atoms with Gasteiger partial charge in [-0.25, -0.2) is 9.37 Å². The van der Waals surface area contributed by atoms with Crippen LogP contribution in [0.15, 0.2) is 40.2 Å². The summed E-state index contributed by atoms with van der Waals surface area (Å²) in [5.74, 6) is 0.229. The molecular weight excluding hydrogens is 335 g/mol. The van der Waals surface area contributed by atoms with Crippen molar-refractivity contribution in [1.82, 2.24) is 9.55 Å². The Morgan fingerprint density at radius 1 is 1.57 bits per heavy atom. The van der Waals surface area contributed by atoms with Crippen LogP contribution in [0.25, 0.3) is 16.6 Å². The molecule has 0 saturated heterocycles. The predicted octanol–water partition coefficient (Wildman–Crippen LogP) is 4.12. The average Bonchev–Trinajstić information content (AvgIpc) is 2.74. The van der Waals surface area contributed by atoms with E-state index < -0.39 is 0 Å². The van der Waals surface area contributed by atoms with Gasteiger partial charge < -0.3 is 4.57 Å². The van der Waals surface area contributed by atoms with Crippen molar-refractivity contribution in [2.45, 2.75) is 6.92 Å². The van der Waals surface area contributed by atoms with E-state index in [1.54, 1.807) is 12.1 Å². The Kier molecular flexibility index (Phi) is 4.34. The van der Waals surface area contributed by atoms with E-state index in [2.05, 4.69) is 38.6 Å². The first-order chi connectivity index (χ1) is 9.93. The van der Waals surface area contributed by atoms with E-state index in [1.807, 2.05) is 11.6 Å². The SMILES string of the molecule is C=C(C=N/C=C(\C)F)c1nc2cc(Br)c(C#N)cc2n1C. The van der Waals surface area contributed by atoms with Crippen molar-refractivity contribution in [2.75, 3.05) is 0 Å². The van der Waals surface area contributed by atoms with Gasteiger partial charge in [0.15, 0.2) is 0 Å². The summed E-state index contributed by atoms with van der Waals surface area (Å²) in [4.78, 5) is 8.30. The van der Waals surface area contributed by atoms with Crippen molar-refractivity contribution < 1.29 is 4.39 Å². The molecule has 0 aliphatic rings. The minimum absolute atomic E-state index is 0.383. The van der Waals surface area contributed by atoms with Crippen LogP contribution in [0.2, 0.25) is 0 Å². The van der Waals surface area contributed by atoms with E-state index in [-0.39, 0.29) is 5.83 Å². The van der Waals surface area contributed by atoms with Crippen LogP contribution in [-0.4, -0.2) is 15.8 Å². The lowest BCUT2D eigenvalue weighted by Crippen LogP contribution is -1.97. The quantitative estimate of drug-likeness (QED) is 0.784. The van der Waals surface area contributed by atoms with Gasteiger partial charge in [0.2, 0.25) is 0 Å². The van der Waals surface area contributed by atoms with Gasteiger partial charge in [-0.1, -0.05) is 6.58 Å². The summed E-state index contributed by atoms with van der Waals surface area (Å²) in [5.41, 5.74) is 2.65.